The third kappa shape index (κ3) is 5.55. The number of oxazole rings is 1. The van der Waals surface area contributed by atoms with Crippen LogP contribution in [0.5, 0.6) is 5.75 Å². The van der Waals surface area contributed by atoms with Crippen molar-refractivity contribution in [2.45, 2.75) is 17.4 Å². The molecule has 1 unspecified atom stereocenters. The number of nitrogens with zero attached hydrogens (tertiary/aromatic N) is 3. The summed E-state index contributed by atoms with van der Waals surface area (Å²) in [7, 11) is -0.858. The van der Waals surface area contributed by atoms with Crippen LogP contribution in [0.4, 0.5) is 5.69 Å². The van der Waals surface area contributed by atoms with Gasteiger partial charge in [0.2, 0.25) is 15.9 Å². The molecule has 1 saturated heterocycles. The molecule has 0 aliphatic carbocycles. The van der Waals surface area contributed by atoms with Gasteiger partial charge in [0.15, 0.2) is 5.58 Å². The monoisotopic (exact) mass is 534 g/mol. The Balaban J connectivity index is 1.46. The smallest absolute Gasteiger partial charge is 0.419 e. The van der Waals surface area contributed by atoms with Gasteiger partial charge < -0.3 is 19.0 Å². The van der Waals surface area contributed by atoms with Gasteiger partial charge >= 0.3 is 5.76 Å². The molecule has 2 heterocycles. The first-order valence-electron chi connectivity index (χ1n) is 11.5. The fourth-order valence-electron chi connectivity index (χ4n) is 4.20. The molecule has 12 heteroatoms. The zero-order valence-corrected chi connectivity index (χ0v) is 22.1. The lowest BCUT2D eigenvalue weighted by Crippen LogP contribution is -2.55. The molecule has 1 aromatic heterocycles. The number of methoxy groups -OCH3 is 1. The van der Waals surface area contributed by atoms with Crippen LogP contribution in [0.25, 0.3) is 11.1 Å². The molecule has 0 spiro atoms. The topological polar surface area (TPSA) is 114 Å². The minimum Gasteiger partial charge on any atom is -0.497 e. The Labute approximate surface area is 214 Å². The number of sulfonamides is 1. The van der Waals surface area contributed by atoms with Gasteiger partial charge in [-0.15, -0.1) is 0 Å². The highest BCUT2D eigenvalue weighted by atomic mass is 32.2. The van der Waals surface area contributed by atoms with Crippen LogP contribution in [0.2, 0.25) is 0 Å². The summed E-state index contributed by atoms with van der Waals surface area (Å²) in [5.41, 5.74) is 1.71. The maximum absolute atomic E-state index is 13.4. The summed E-state index contributed by atoms with van der Waals surface area (Å²) >= 11 is 1.55. The maximum Gasteiger partial charge on any atom is 0.419 e. The van der Waals surface area contributed by atoms with Crippen LogP contribution in [0.3, 0.4) is 0 Å². The Hall–Kier alpha value is -2.96. The Morgan fingerprint density at radius 1 is 1.14 bits per heavy atom. The summed E-state index contributed by atoms with van der Waals surface area (Å²) in [5, 5.41) is 0. The summed E-state index contributed by atoms with van der Waals surface area (Å²) in [6, 6.07) is 11.1. The fourth-order valence-corrected chi connectivity index (χ4v) is 5.91. The van der Waals surface area contributed by atoms with Crippen molar-refractivity contribution in [1.82, 2.24) is 14.2 Å². The molecule has 1 amide bonds. The lowest BCUT2D eigenvalue weighted by molar-refractivity contribution is -0.133. The SMILES string of the molecule is COc1ccc(N2CCN(C(=O)C(CCSC)NS(=O)(=O)c3ccc4c(c3)oc(=O)n4C)CC2)cc1. The van der Waals surface area contributed by atoms with Crippen molar-refractivity contribution in [2.24, 2.45) is 7.05 Å². The molecule has 1 atom stereocenters. The number of thioether (sulfide) groups is 1. The third-order valence-corrected chi connectivity index (χ3v) is 8.42. The Kier molecular flexibility index (Phi) is 7.96. The summed E-state index contributed by atoms with van der Waals surface area (Å²) in [6.07, 6.45) is 2.27. The van der Waals surface area contributed by atoms with E-state index in [-0.39, 0.29) is 16.4 Å². The number of carbonyl (C=O) groups is 1. The number of nitrogens with one attached hydrogen (secondary N) is 1. The molecule has 4 rings (SSSR count). The van der Waals surface area contributed by atoms with Gasteiger partial charge in [-0.3, -0.25) is 9.36 Å². The Morgan fingerprint density at radius 3 is 2.47 bits per heavy atom. The number of amides is 1. The van der Waals surface area contributed by atoms with E-state index in [0.29, 0.717) is 43.9 Å². The van der Waals surface area contributed by atoms with E-state index in [1.54, 1.807) is 30.8 Å². The first-order chi connectivity index (χ1) is 17.2. The molecule has 0 saturated carbocycles. The highest BCUT2D eigenvalue weighted by molar-refractivity contribution is 7.98. The quantitative estimate of drug-likeness (QED) is 0.443. The van der Waals surface area contributed by atoms with Crippen LogP contribution in [0.15, 0.2) is 56.6 Å². The number of fused-ring (bicyclic) bond motifs is 1. The second kappa shape index (κ2) is 11.0. The summed E-state index contributed by atoms with van der Waals surface area (Å²) in [6.45, 7) is 2.26. The van der Waals surface area contributed by atoms with Crippen molar-refractivity contribution in [3.63, 3.8) is 0 Å². The van der Waals surface area contributed by atoms with Crippen LogP contribution in [0.1, 0.15) is 6.42 Å². The molecule has 194 valence electrons. The minimum atomic E-state index is -4.03. The van der Waals surface area contributed by atoms with Crippen molar-refractivity contribution < 1.29 is 22.4 Å². The van der Waals surface area contributed by atoms with Crippen molar-refractivity contribution >= 4 is 44.5 Å². The highest BCUT2D eigenvalue weighted by Crippen LogP contribution is 2.22. The summed E-state index contributed by atoms with van der Waals surface area (Å²) in [5.74, 6) is 0.589. The number of rotatable bonds is 9. The van der Waals surface area contributed by atoms with E-state index in [2.05, 4.69) is 9.62 Å². The molecular weight excluding hydrogens is 504 g/mol. The third-order valence-electron chi connectivity index (χ3n) is 6.31. The summed E-state index contributed by atoms with van der Waals surface area (Å²) < 4.78 is 40.6. The van der Waals surface area contributed by atoms with Crippen molar-refractivity contribution in [3.05, 3.63) is 53.0 Å². The van der Waals surface area contributed by atoms with E-state index in [1.807, 2.05) is 30.5 Å². The molecule has 0 radical (unpaired) electrons. The highest BCUT2D eigenvalue weighted by Gasteiger charge is 2.31. The van der Waals surface area contributed by atoms with E-state index >= 15 is 0 Å². The van der Waals surface area contributed by atoms with E-state index < -0.39 is 21.8 Å². The molecule has 1 N–H and O–H groups in total. The number of hydrogen-bond donors (Lipinski definition) is 1. The molecule has 36 heavy (non-hydrogen) atoms. The number of anilines is 1. The molecule has 1 fully saturated rings. The van der Waals surface area contributed by atoms with Crippen LogP contribution < -0.4 is 20.1 Å². The Bertz CT molecular complexity index is 1380. The first kappa shape index (κ1) is 26.1. The lowest BCUT2D eigenvalue weighted by atomic mass is 10.2. The molecular formula is C24H30N4O6S2. The standard InChI is InChI=1S/C24H30N4O6S2/c1-26-21-9-8-19(16-22(21)34-24(26)30)36(31,32)25-20(10-15-35-3)23(29)28-13-11-27(12-14-28)17-4-6-18(33-2)7-5-17/h4-9,16,20,25H,10-15H2,1-3H3. The van der Waals surface area contributed by atoms with Gasteiger partial charge in [-0.2, -0.15) is 16.5 Å². The second-order valence-electron chi connectivity index (χ2n) is 8.52. The average molecular weight is 535 g/mol. The number of piperazine rings is 1. The van der Waals surface area contributed by atoms with E-state index in [4.69, 9.17) is 9.15 Å². The second-order valence-corrected chi connectivity index (χ2v) is 11.2. The van der Waals surface area contributed by atoms with Gasteiger partial charge in [0.05, 0.1) is 17.5 Å². The number of aryl methyl sites for hydroxylation is 1. The van der Waals surface area contributed by atoms with Crippen LogP contribution in [0, 0.1) is 0 Å². The molecule has 1 aliphatic rings. The van der Waals surface area contributed by atoms with Crippen molar-refractivity contribution in [1.29, 1.82) is 0 Å². The number of benzene rings is 2. The molecule has 10 nitrogen and oxygen atoms in total. The molecule has 0 bridgehead atoms. The van der Waals surface area contributed by atoms with Crippen molar-refractivity contribution in [2.75, 3.05) is 50.2 Å². The molecule has 2 aromatic carbocycles. The van der Waals surface area contributed by atoms with Gasteiger partial charge in [0, 0.05) is 45.0 Å². The van der Waals surface area contributed by atoms with Crippen LogP contribution in [-0.2, 0) is 21.9 Å². The van der Waals surface area contributed by atoms with E-state index in [9.17, 15) is 18.0 Å². The number of carbonyl (C=O) groups excluding carboxylic acids is 1. The fraction of sp³-hybridized carbons (Fsp3) is 0.417. The first-order valence-corrected chi connectivity index (χ1v) is 14.4. The molecule has 3 aromatic rings. The number of aromatic nitrogens is 1. The van der Waals surface area contributed by atoms with Crippen molar-refractivity contribution in [3.8, 4) is 5.75 Å². The zero-order valence-electron chi connectivity index (χ0n) is 20.5. The van der Waals surface area contributed by atoms with Crippen LogP contribution in [-0.4, -0.2) is 75.1 Å². The maximum atomic E-state index is 13.4. The van der Waals surface area contributed by atoms with Gasteiger partial charge in [0.25, 0.3) is 0 Å². The predicted molar refractivity (Wildman–Crippen MR) is 140 cm³/mol. The minimum absolute atomic E-state index is 0.0596. The van der Waals surface area contributed by atoms with Gasteiger partial charge in [-0.05, 0) is 54.8 Å². The Morgan fingerprint density at radius 2 is 1.83 bits per heavy atom. The predicted octanol–water partition coefficient (Wildman–Crippen LogP) is 1.89. The largest absolute Gasteiger partial charge is 0.497 e. The van der Waals surface area contributed by atoms with Crippen LogP contribution >= 0.6 is 11.8 Å². The normalized spacial score (nSPS) is 15.3. The summed E-state index contributed by atoms with van der Waals surface area (Å²) in [4.78, 5) is 29.0. The van der Waals surface area contributed by atoms with Gasteiger partial charge in [-0.1, -0.05) is 0 Å². The van der Waals surface area contributed by atoms with Gasteiger partial charge in [-0.25, -0.2) is 13.2 Å². The average Bonchev–Trinajstić information content (AvgIpc) is 3.18. The van der Waals surface area contributed by atoms with E-state index in [1.165, 1.54) is 22.8 Å². The van der Waals surface area contributed by atoms with E-state index in [0.717, 1.165) is 11.4 Å². The van der Waals surface area contributed by atoms with Gasteiger partial charge in [0.1, 0.15) is 11.8 Å². The number of hydrogen-bond acceptors (Lipinski definition) is 8. The number of ether oxygens (including phenoxy) is 1. The molecule has 1 aliphatic heterocycles. The zero-order chi connectivity index (χ0) is 25.9. The lowest BCUT2D eigenvalue weighted by Gasteiger charge is -2.37.